The summed E-state index contributed by atoms with van der Waals surface area (Å²) in [5.41, 5.74) is 0. The van der Waals surface area contributed by atoms with Gasteiger partial charge in [0.05, 0.1) is 0 Å². The molecule has 40 heavy (non-hydrogen) atoms. The quantitative estimate of drug-likeness (QED) is 0.0795. The van der Waals surface area contributed by atoms with Gasteiger partial charge in [0, 0.05) is 0 Å². The van der Waals surface area contributed by atoms with Crippen LogP contribution in [-0.4, -0.2) is 0 Å². The predicted octanol–water partition coefficient (Wildman–Crippen LogP) is -41.7. The summed E-state index contributed by atoms with van der Waals surface area (Å²) in [5, 5.41) is 0. The van der Waals surface area contributed by atoms with Crippen LogP contribution >= 0.6 is 0 Å². The summed E-state index contributed by atoms with van der Waals surface area (Å²) in [6.07, 6.45) is 0. The summed E-state index contributed by atoms with van der Waals surface area (Å²) >= 11 is 0. The van der Waals surface area contributed by atoms with Crippen molar-refractivity contribution in [3.63, 3.8) is 0 Å². The van der Waals surface area contributed by atoms with Gasteiger partial charge in [-0.25, -0.2) is 0 Å². The molecule has 25 nitrogen and oxygen atoms in total. The van der Waals surface area contributed by atoms with Crippen LogP contribution in [0.15, 0.2) is 0 Å². The van der Waals surface area contributed by atoms with E-state index in [1.165, 1.54) is 0 Å². The fourth-order valence-corrected chi connectivity index (χ4v) is 0. The Bertz CT molecular complexity index is 79.7. The van der Waals surface area contributed by atoms with Crippen molar-refractivity contribution in [2.75, 3.05) is 0 Å². The first-order chi connectivity index (χ1) is 0. The van der Waals surface area contributed by atoms with Crippen LogP contribution in [0.2, 0.25) is 0 Å². The van der Waals surface area contributed by atoms with Gasteiger partial charge in [-0.05, 0) is 0 Å². The van der Waals surface area contributed by atoms with Gasteiger partial charge in [0.1, 0.15) is 0 Å². The summed E-state index contributed by atoms with van der Waals surface area (Å²) < 4.78 is 0. The zero-order valence-electron chi connectivity index (χ0n) is 22.0. The first-order valence-electron chi connectivity index (χ1n) is 0. The molecule has 0 aliphatic carbocycles. The van der Waals surface area contributed by atoms with E-state index < -0.39 is 0 Å². The number of quaternary nitrogens is 1. The molecule has 40 heteroatoms. The van der Waals surface area contributed by atoms with Crippen LogP contribution in [0, 0.1) is 0 Å². The van der Waals surface area contributed by atoms with Gasteiger partial charge >= 0.3 is 67.7 Å². The van der Waals surface area contributed by atoms with Crippen molar-refractivity contribution in [1.82, 2.24) is 80.0 Å². The molecule has 0 rings (SSSR count). The second kappa shape index (κ2) is 4290. The van der Waals surface area contributed by atoms with Crippen molar-refractivity contribution in [3.05, 3.63) is 0 Å². The van der Waals surface area contributed by atoms with E-state index in [-0.39, 0.29) is 350 Å². The Morgan fingerprint density at radius 1 is 0.200 bits per heavy atom. The van der Waals surface area contributed by atoms with Gasteiger partial charge in [-0.15, -0.1) is 0 Å². The zero-order chi connectivity index (χ0) is 0. The molecule has 0 aromatic carbocycles. The van der Waals surface area contributed by atoms with Crippen molar-refractivity contribution >= 4 is 0 Å². The maximum atomic E-state index is 0. The molecule has 0 aliphatic rings. The minimum absolute atomic E-state index is 0. The fraction of sp³-hybridized carbons (Fsp3) is 0. The van der Waals surface area contributed by atoms with Gasteiger partial charge in [-0.1, -0.05) is 0 Å². The van der Waals surface area contributed by atoms with Gasteiger partial charge in [0.2, 0.25) is 0 Å². The molecule has 0 spiro atoms. The first kappa shape index (κ1) is 4600. The van der Waals surface area contributed by atoms with Crippen LogP contribution < -0.4 is 216 Å². The summed E-state index contributed by atoms with van der Waals surface area (Å²) in [7, 11) is 0. The van der Waals surface area contributed by atoms with Gasteiger partial charge in [-0.2, -0.15) is 0 Å². The normalized spacial score (nSPS) is 0. The van der Waals surface area contributed by atoms with Gasteiger partial charge in [0.15, 0.2) is 0 Å². The van der Waals surface area contributed by atoms with E-state index in [0.29, 0.717) is 0 Å². The van der Waals surface area contributed by atoms with E-state index in [1.54, 1.807) is 0 Å². The molecule has 0 saturated carbocycles. The Hall–Kier alpha value is 4.24. The average Bonchev–Trinajstić information content (AvgIpc) is 0. The SMILES string of the molecule is N.N.N.N.N.N.N.N.N.N.N.N.[Cl-].[Cl-].[Cl-].[Cl-].[Cl-].[Cl-].[Cl-].[Cl-].[Cl-].[Cl-].[Cl-].[Cr+2].[Cr+3].[NH4+].[Ni+2].[Ni+3].[OH3+].[OH3+].[OH3+].[OH3+].[OH3+].[OH3+].[OH3+].[OH3+].[OH3+].[OH3+].[OH3+].[OH3+]. The average molecular weight is 1060 g/mol. The van der Waals surface area contributed by atoms with Crippen LogP contribution in [0.25, 0.3) is 0 Å². The molecule has 0 atom stereocenters. The van der Waals surface area contributed by atoms with Crippen molar-refractivity contribution < 1.29 is 270 Å². The maximum Gasteiger partial charge on any atom is 3.00 e. The molecule has 0 unspecified atom stereocenters. The maximum absolute atomic E-state index is 0. The van der Waals surface area contributed by atoms with Gasteiger partial charge in [0.25, 0.3) is 0 Å². The van der Waals surface area contributed by atoms with Crippen molar-refractivity contribution in [2.24, 2.45) is 0 Å². The van der Waals surface area contributed by atoms with Crippen molar-refractivity contribution in [1.29, 1.82) is 0 Å². The van der Waals surface area contributed by atoms with Crippen LogP contribution in [0.3, 0.4) is 0 Å². The van der Waals surface area contributed by atoms with E-state index in [0.717, 1.165) is 0 Å². The van der Waals surface area contributed by atoms with E-state index >= 15 is 0 Å². The Labute approximate surface area is 346 Å². The van der Waals surface area contributed by atoms with Crippen LogP contribution in [0.1, 0.15) is 0 Å². The Balaban J connectivity index is 0. The minimum atomic E-state index is 0. The third kappa shape index (κ3) is 3990. The van der Waals surface area contributed by atoms with Crippen molar-refractivity contribution in [3.8, 4) is 0 Å². The summed E-state index contributed by atoms with van der Waals surface area (Å²) in [6, 6.07) is 0. The van der Waals surface area contributed by atoms with E-state index in [4.69, 9.17) is 0 Å². The van der Waals surface area contributed by atoms with E-state index in [9.17, 15) is 0 Å². The Kier molecular flexibility index (Phi) is 493000. The largest absolute Gasteiger partial charge is 3.00 e. The number of halogens is 11. The Morgan fingerprint density at radius 2 is 0.200 bits per heavy atom. The smallest absolute Gasteiger partial charge is 1.00 e. The molecular formula is H76Cl11Cr2N13Ni2O12+12. The molecule has 310 valence electrons. The first-order valence-corrected chi connectivity index (χ1v) is 0. The third-order valence-electron chi connectivity index (χ3n) is 0. The van der Waals surface area contributed by atoms with Crippen LogP contribution in [0.5, 0.6) is 0 Å². The predicted molar refractivity (Wildman–Crippen MR) is 125 cm³/mol. The second-order valence-corrected chi connectivity index (χ2v) is 0. The minimum Gasteiger partial charge on any atom is -1.00 e. The standard InChI is InChI=1S/11ClH.2Cr.13H3N.2Ni.12H2O/h11*1H;;;13*1H3;;;12*1H2/q;;;;;;;;;;;+2;+3;;;;;;;;;;;;;;+2;+3;;;;;;;;;;;;/p+2. The molecule has 0 heterocycles. The molecule has 2 radical (unpaired) electrons. The number of hydrogen-bond acceptors (Lipinski definition) is 12. The zero-order valence-corrected chi connectivity index (χ0v) is 34.9. The molecule has 0 fully saturated rings. The van der Waals surface area contributed by atoms with Crippen LogP contribution in [-0.2, 0) is 133 Å². The second-order valence-electron chi connectivity index (χ2n) is 0. The summed E-state index contributed by atoms with van der Waals surface area (Å²) in [6.45, 7) is 0. The molecule has 0 aromatic rings. The number of hydrogen-bond donors (Lipinski definition) is 13. The molecule has 0 amide bonds. The van der Waals surface area contributed by atoms with Crippen molar-refractivity contribution in [2.45, 2.75) is 0 Å². The molecule has 0 aromatic heterocycles. The molecule has 0 aliphatic heterocycles. The monoisotopic (exact) mass is 1050 g/mol. The summed E-state index contributed by atoms with van der Waals surface area (Å²) in [5.74, 6) is 0. The van der Waals surface area contributed by atoms with Gasteiger partial charge < -0.3 is 282 Å². The fourth-order valence-electron chi connectivity index (χ4n) is 0. The molecule has 76 N–H and O–H groups in total. The van der Waals surface area contributed by atoms with Crippen LogP contribution in [0.4, 0.5) is 0 Å². The van der Waals surface area contributed by atoms with E-state index in [2.05, 4.69) is 0 Å². The molecule has 0 saturated heterocycles. The molecular weight excluding hydrogens is 985 g/mol. The summed E-state index contributed by atoms with van der Waals surface area (Å²) in [4.78, 5) is 0. The number of rotatable bonds is 0. The Morgan fingerprint density at radius 3 is 0.200 bits per heavy atom. The topological polar surface area (TPSA) is 852 Å². The molecule has 0 bridgehead atoms. The van der Waals surface area contributed by atoms with Gasteiger partial charge in [-0.3, -0.25) is 0 Å². The third-order valence-corrected chi connectivity index (χ3v) is 0. The van der Waals surface area contributed by atoms with E-state index in [1.807, 2.05) is 0 Å².